The van der Waals surface area contributed by atoms with Crippen molar-refractivity contribution in [1.82, 2.24) is 0 Å². The summed E-state index contributed by atoms with van der Waals surface area (Å²) in [5.41, 5.74) is 0. The molecule has 0 radical (unpaired) electrons. The molecule has 5 heteroatoms. The van der Waals surface area contributed by atoms with Gasteiger partial charge >= 0.3 is 0 Å². The maximum absolute atomic E-state index is 9.76. The van der Waals surface area contributed by atoms with E-state index in [-0.39, 0.29) is 9.52 Å². The van der Waals surface area contributed by atoms with Crippen molar-refractivity contribution in [3.05, 3.63) is 14.4 Å². The van der Waals surface area contributed by atoms with Crippen molar-refractivity contribution in [1.29, 1.82) is 0 Å². The summed E-state index contributed by atoms with van der Waals surface area (Å²) in [6.07, 6.45) is 0. The molecule has 52 valence electrons. The molecule has 0 aromatic rings. The zero-order chi connectivity index (χ0) is 7.44. The fourth-order valence-corrected chi connectivity index (χ4v) is 0.560. The summed E-state index contributed by atoms with van der Waals surface area (Å²) < 4.78 is -0.108. The van der Waals surface area contributed by atoms with Crippen LogP contribution >= 0.6 is 34.8 Å². The van der Waals surface area contributed by atoms with Crippen molar-refractivity contribution >= 4 is 34.8 Å². The molecule has 0 saturated heterocycles. The van der Waals surface area contributed by atoms with Gasteiger partial charge in [0.1, 0.15) is 10.5 Å². The Morgan fingerprint density at radius 1 is 1.44 bits per heavy atom. The Hall–Kier alpha value is 0.210. The minimum atomic E-state index is -0.656. The van der Waals surface area contributed by atoms with E-state index in [2.05, 4.69) is 5.18 Å². The predicted octanol–water partition coefficient (Wildman–Crippen LogP) is 3.03. The van der Waals surface area contributed by atoms with Crippen LogP contribution in [0.3, 0.4) is 0 Å². The lowest BCUT2D eigenvalue weighted by molar-refractivity contribution is 0.899. The molecule has 0 bridgehead atoms. The van der Waals surface area contributed by atoms with Gasteiger partial charge in [0.05, 0.1) is 5.03 Å². The van der Waals surface area contributed by atoms with Crippen molar-refractivity contribution in [2.45, 2.75) is 13.0 Å². The lowest BCUT2D eigenvalue weighted by Crippen LogP contribution is -1.95. The van der Waals surface area contributed by atoms with Crippen LogP contribution in [0.5, 0.6) is 0 Å². The Morgan fingerprint density at radius 2 is 1.89 bits per heavy atom. The third-order valence-corrected chi connectivity index (χ3v) is 1.81. The fourth-order valence-electron chi connectivity index (χ4n) is 0.204. The molecule has 0 amide bonds. The Balaban J connectivity index is 4.19. The Bertz CT molecular complexity index is 141. The SMILES string of the molecule is CC(N=O)C(Cl)=C(Cl)Cl. The van der Waals surface area contributed by atoms with Gasteiger partial charge in [0.15, 0.2) is 0 Å². The molecule has 0 fully saturated rings. The highest BCUT2D eigenvalue weighted by Gasteiger charge is 2.08. The molecule has 0 aliphatic heterocycles. The molecule has 0 aromatic heterocycles. The van der Waals surface area contributed by atoms with Crippen LogP contribution in [-0.2, 0) is 0 Å². The minimum absolute atomic E-state index is 0.0772. The summed E-state index contributed by atoms with van der Waals surface area (Å²) in [5.74, 6) is 0. The summed E-state index contributed by atoms with van der Waals surface area (Å²) in [7, 11) is 0. The minimum Gasteiger partial charge on any atom is -0.150 e. The molecule has 0 spiro atoms. The lowest BCUT2D eigenvalue weighted by Gasteiger charge is -1.97. The van der Waals surface area contributed by atoms with E-state index in [1.54, 1.807) is 0 Å². The highest BCUT2D eigenvalue weighted by molar-refractivity contribution is 6.59. The van der Waals surface area contributed by atoms with E-state index in [0.29, 0.717) is 0 Å². The summed E-state index contributed by atoms with van der Waals surface area (Å²) in [4.78, 5) is 9.76. The summed E-state index contributed by atoms with van der Waals surface area (Å²) in [6.45, 7) is 1.50. The first-order valence-corrected chi connectivity index (χ1v) is 3.26. The van der Waals surface area contributed by atoms with Crippen molar-refractivity contribution in [3.8, 4) is 0 Å². The van der Waals surface area contributed by atoms with Gasteiger partial charge in [-0.2, -0.15) is 4.91 Å². The lowest BCUT2D eigenvalue weighted by atomic mass is 10.4. The van der Waals surface area contributed by atoms with Crippen LogP contribution in [0, 0.1) is 4.91 Å². The molecule has 0 heterocycles. The van der Waals surface area contributed by atoms with E-state index < -0.39 is 6.04 Å². The molecule has 1 atom stereocenters. The topological polar surface area (TPSA) is 29.4 Å². The Morgan fingerprint density at radius 3 is 2.00 bits per heavy atom. The van der Waals surface area contributed by atoms with E-state index in [1.807, 2.05) is 0 Å². The van der Waals surface area contributed by atoms with Gasteiger partial charge in [0, 0.05) is 0 Å². The highest BCUT2D eigenvalue weighted by Crippen LogP contribution is 2.22. The third kappa shape index (κ3) is 3.04. The van der Waals surface area contributed by atoms with Gasteiger partial charge in [-0.1, -0.05) is 40.0 Å². The molecule has 0 rings (SSSR count). The average Bonchev–Trinajstić information content (AvgIpc) is 1.84. The van der Waals surface area contributed by atoms with Crippen LogP contribution < -0.4 is 0 Å². The molecule has 0 saturated carbocycles. The third-order valence-electron chi connectivity index (χ3n) is 0.705. The second kappa shape index (κ2) is 4.09. The molecule has 2 nitrogen and oxygen atoms in total. The zero-order valence-corrected chi connectivity index (χ0v) is 6.83. The largest absolute Gasteiger partial charge is 0.150 e. The molecule has 9 heavy (non-hydrogen) atoms. The first-order valence-electron chi connectivity index (χ1n) is 2.12. The first-order chi connectivity index (χ1) is 4.09. The van der Waals surface area contributed by atoms with E-state index in [4.69, 9.17) is 34.8 Å². The van der Waals surface area contributed by atoms with Gasteiger partial charge in [-0.25, -0.2) is 0 Å². The van der Waals surface area contributed by atoms with Crippen LogP contribution in [0.1, 0.15) is 6.92 Å². The molecule has 0 aliphatic carbocycles. The second-order valence-electron chi connectivity index (χ2n) is 1.39. The predicted molar refractivity (Wildman–Crippen MR) is 39.8 cm³/mol. The number of nitrogens with zero attached hydrogens (tertiary/aromatic N) is 1. The molecule has 0 N–H and O–H groups in total. The fraction of sp³-hybridized carbons (Fsp3) is 0.500. The number of rotatable bonds is 2. The smallest absolute Gasteiger partial charge is 0.127 e. The molecule has 0 aromatic carbocycles. The van der Waals surface area contributed by atoms with Crippen molar-refractivity contribution < 1.29 is 0 Å². The molecular formula is C4H4Cl3NO. The van der Waals surface area contributed by atoms with Crippen LogP contribution in [0.15, 0.2) is 14.7 Å². The highest BCUT2D eigenvalue weighted by atomic mass is 35.5. The van der Waals surface area contributed by atoms with Crippen LogP contribution in [-0.4, -0.2) is 6.04 Å². The zero-order valence-electron chi connectivity index (χ0n) is 4.57. The van der Waals surface area contributed by atoms with Gasteiger partial charge in [-0.15, -0.1) is 0 Å². The van der Waals surface area contributed by atoms with Crippen LogP contribution in [0.2, 0.25) is 0 Å². The number of hydrogen-bond donors (Lipinski definition) is 0. The van der Waals surface area contributed by atoms with Crippen molar-refractivity contribution in [3.63, 3.8) is 0 Å². The number of nitroso groups, excluding NO2 is 1. The van der Waals surface area contributed by atoms with Gasteiger partial charge in [0.2, 0.25) is 0 Å². The van der Waals surface area contributed by atoms with Crippen LogP contribution in [0.4, 0.5) is 0 Å². The standard InChI is InChI=1S/C4H4Cl3NO/c1-2(8-9)3(5)4(6)7/h2H,1H3. The van der Waals surface area contributed by atoms with Gasteiger partial charge < -0.3 is 0 Å². The second-order valence-corrected chi connectivity index (χ2v) is 2.75. The summed E-state index contributed by atoms with van der Waals surface area (Å²) >= 11 is 15.8. The monoisotopic (exact) mass is 187 g/mol. The van der Waals surface area contributed by atoms with Gasteiger partial charge in [-0.3, -0.25) is 0 Å². The van der Waals surface area contributed by atoms with E-state index in [9.17, 15) is 4.91 Å². The maximum Gasteiger partial charge on any atom is 0.127 e. The van der Waals surface area contributed by atoms with Gasteiger partial charge in [0.25, 0.3) is 0 Å². The Kier molecular flexibility index (Phi) is 4.19. The average molecular weight is 188 g/mol. The summed E-state index contributed by atoms with van der Waals surface area (Å²) in [6, 6.07) is -0.656. The molecule has 0 aliphatic rings. The Labute approximate surface area is 67.7 Å². The quantitative estimate of drug-likeness (QED) is 0.613. The number of halogens is 3. The molecular weight excluding hydrogens is 184 g/mol. The van der Waals surface area contributed by atoms with Gasteiger partial charge in [-0.05, 0) is 6.92 Å². The van der Waals surface area contributed by atoms with Crippen LogP contribution in [0.25, 0.3) is 0 Å². The molecule has 1 unspecified atom stereocenters. The normalized spacial score (nSPS) is 12.4. The first kappa shape index (κ1) is 9.21. The van der Waals surface area contributed by atoms with E-state index >= 15 is 0 Å². The van der Waals surface area contributed by atoms with Crippen molar-refractivity contribution in [2.24, 2.45) is 5.18 Å². The van der Waals surface area contributed by atoms with E-state index in [1.165, 1.54) is 6.92 Å². The summed E-state index contributed by atoms with van der Waals surface area (Å²) in [5, 5.41) is 2.68. The van der Waals surface area contributed by atoms with E-state index in [0.717, 1.165) is 0 Å². The van der Waals surface area contributed by atoms with Crippen molar-refractivity contribution in [2.75, 3.05) is 0 Å². The maximum atomic E-state index is 9.76. The number of hydrogen-bond acceptors (Lipinski definition) is 2.